The minimum Gasteiger partial charge on any atom is -0.504 e. The van der Waals surface area contributed by atoms with Gasteiger partial charge in [0.25, 0.3) is 0 Å². The van der Waals surface area contributed by atoms with Crippen molar-refractivity contribution in [2.45, 2.75) is 13.0 Å². The lowest BCUT2D eigenvalue weighted by atomic mass is 9.95. The molecule has 0 unspecified atom stereocenters. The molecule has 0 spiro atoms. The first-order chi connectivity index (χ1) is 14.6. The molecule has 5 nitrogen and oxygen atoms in total. The summed E-state index contributed by atoms with van der Waals surface area (Å²) >= 11 is 0. The van der Waals surface area contributed by atoms with Gasteiger partial charge in [-0.25, -0.2) is 0 Å². The Labute approximate surface area is 175 Å². The fraction of sp³-hybridized carbons (Fsp3) is 0.200. The number of rotatable bonds is 7. The highest BCUT2D eigenvalue weighted by atomic mass is 16.5. The van der Waals surface area contributed by atoms with E-state index in [1.54, 1.807) is 25.3 Å². The molecule has 0 aromatic heterocycles. The summed E-state index contributed by atoms with van der Waals surface area (Å²) < 4.78 is 10.8. The first kappa shape index (κ1) is 19.9. The van der Waals surface area contributed by atoms with Crippen LogP contribution in [-0.2, 0) is 13.0 Å². The molecule has 154 valence electrons. The van der Waals surface area contributed by atoms with Gasteiger partial charge < -0.3 is 25.0 Å². The Morgan fingerprint density at radius 2 is 1.63 bits per heavy atom. The van der Waals surface area contributed by atoms with Gasteiger partial charge in [-0.15, -0.1) is 0 Å². The Bertz CT molecular complexity index is 1190. The average Bonchev–Trinajstić information content (AvgIpc) is 2.76. The van der Waals surface area contributed by atoms with Crippen LogP contribution in [0.2, 0.25) is 0 Å². The molecule has 5 heteroatoms. The summed E-state index contributed by atoms with van der Waals surface area (Å²) in [6.07, 6.45) is 0.752. The van der Waals surface area contributed by atoms with Gasteiger partial charge in [-0.2, -0.15) is 0 Å². The second kappa shape index (κ2) is 8.51. The smallest absolute Gasteiger partial charge is 0.168 e. The molecule has 0 aliphatic rings. The van der Waals surface area contributed by atoms with Crippen molar-refractivity contribution in [2.75, 3.05) is 20.8 Å². The van der Waals surface area contributed by atoms with Crippen LogP contribution in [-0.4, -0.2) is 31.0 Å². The van der Waals surface area contributed by atoms with Crippen molar-refractivity contribution in [1.82, 2.24) is 5.32 Å². The van der Waals surface area contributed by atoms with Crippen LogP contribution in [0.15, 0.2) is 60.7 Å². The number of phenols is 2. The summed E-state index contributed by atoms with van der Waals surface area (Å²) in [6, 6.07) is 19.5. The molecule has 0 bridgehead atoms. The lowest BCUT2D eigenvalue weighted by Gasteiger charge is -2.16. The molecule has 0 saturated carbocycles. The summed E-state index contributed by atoms with van der Waals surface area (Å²) in [5.41, 5.74) is 2.26. The van der Waals surface area contributed by atoms with E-state index in [1.807, 2.05) is 30.3 Å². The Morgan fingerprint density at radius 3 is 2.37 bits per heavy atom. The number of nitrogens with one attached hydrogen (secondary N) is 1. The number of benzene rings is 4. The number of hydrogen-bond donors (Lipinski definition) is 3. The zero-order valence-corrected chi connectivity index (χ0v) is 17.1. The van der Waals surface area contributed by atoms with Crippen LogP contribution < -0.4 is 14.8 Å². The third-order valence-electron chi connectivity index (χ3n) is 5.38. The van der Waals surface area contributed by atoms with Gasteiger partial charge in [0.05, 0.1) is 14.2 Å². The molecule has 0 radical (unpaired) electrons. The van der Waals surface area contributed by atoms with Crippen LogP contribution in [0.25, 0.3) is 21.5 Å². The molecule has 0 atom stereocenters. The second-order valence-electron chi connectivity index (χ2n) is 7.23. The molecule has 0 amide bonds. The number of hydrogen-bond acceptors (Lipinski definition) is 5. The first-order valence-electron chi connectivity index (χ1n) is 9.89. The highest BCUT2D eigenvalue weighted by Gasteiger charge is 2.16. The van der Waals surface area contributed by atoms with Crippen molar-refractivity contribution < 1.29 is 19.7 Å². The molecule has 4 rings (SSSR count). The van der Waals surface area contributed by atoms with Gasteiger partial charge in [0, 0.05) is 11.9 Å². The summed E-state index contributed by atoms with van der Waals surface area (Å²) in [5, 5.41) is 27.8. The van der Waals surface area contributed by atoms with Crippen LogP contribution >= 0.6 is 0 Å². The summed E-state index contributed by atoms with van der Waals surface area (Å²) in [4.78, 5) is 0. The van der Waals surface area contributed by atoms with Crippen molar-refractivity contribution >= 4 is 21.5 Å². The van der Waals surface area contributed by atoms with E-state index < -0.39 is 0 Å². The maximum atomic E-state index is 10.6. The molecule has 4 aromatic carbocycles. The number of phenolic OH excluding ortho intramolecular Hbond substituents is 2. The first-order valence-corrected chi connectivity index (χ1v) is 9.89. The predicted octanol–water partition coefficient (Wildman–Crippen LogP) is 4.75. The van der Waals surface area contributed by atoms with Crippen molar-refractivity contribution in [3.05, 3.63) is 71.8 Å². The van der Waals surface area contributed by atoms with Gasteiger partial charge >= 0.3 is 0 Å². The Morgan fingerprint density at radius 1 is 0.833 bits per heavy atom. The van der Waals surface area contributed by atoms with E-state index in [1.165, 1.54) is 12.7 Å². The maximum absolute atomic E-state index is 10.6. The molecule has 0 aliphatic heterocycles. The fourth-order valence-electron chi connectivity index (χ4n) is 3.92. The van der Waals surface area contributed by atoms with Crippen molar-refractivity contribution in [3.8, 4) is 23.0 Å². The molecular weight excluding hydrogens is 378 g/mol. The summed E-state index contributed by atoms with van der Waals surface area (Å²) in [5.74, 6) is 0.979. The van der Waals surface area contributed by atoms with E-state index in [0.29, 0.717) is 11.5 Å². The number of ether oxygens (including phenoxy) is 2. The zero-order valence-electron chi connectivity index (χ0n) is 17.1. The third kappa shape index (κ3) is 3.72. The maximum Gasteiger partial charge on any atom is 0.168 e. The van der Waals surface area contributed by atoms with Crippen LogP contribution in [0.4, 0.5) is 0 Å². The highest BCUT2D eigenvalue weighted by molar-refractivity contribution is 6.13. The number of fused-ring (bicyclic) bond motifs is 3. The van der Waals surface area contributed by atoms with E-state index in [2.05, 4.69) is 17.4 Å². The van der Waals surface area contributed by atoms with Crippen LogP contribution in [0.5, 0.6) is 23.0 Å². The van der Waals surface area contributed by atoms with E-state index in [0.717, 1.165) is 46.6 Å². The van der Waals surface area contributed by atoms with Crippen LogP contribution in [0, 0.1) is 0 Å². The highest BCUT2D eigenvalue weighted by Crippen LogP contribution is 2.43. The zero-order chi connectivity index (χ0) is 21.1. The monoisotopic (exact) mass is 403 g/mol. The molecule has 3 N–H and O–H groups in total. The van der Waals surface area contributed by atoms with Gasteiger partial charge in [-0.3, -0.25) is 0 Å². The van der Waals surface area contributed by atoms with Crippen LogP contribution in [0.3, 0.4) is 0 Å². The molecule has 30 heavy (non-hydrogen) atoms. The van der Waals surface area contributed by atoms with Crippen molar-refractivity contribution in [1.29, 1.82) is 0 Å². The largest absolute Gasteiger partial charge is 0.504 e. The molecular formula is C25H25NO4. The standard InChI is InChI=1S/C25H25NO4/c1-29-23-14-20-17(12-21(23)27)8-9-19-18(13-22(28)25(30-2)24(19)20)10-11-26-15-16-6-4-3-5-7-16/h3-9,12-14,26-28H,10-11,15H2,1-2H3. The molecule has 0 fully saturated rings. The Hall–Kier alpha value is -3.44. The van der Waals surface area contributed by atoms with E-state index in [9.17, 15) is 10.2 Å². The van der Waals surface area contributed by atoms with Gasteiger partial charge in [-0.05, 0) is 58.5 Å². The topological polar surface area (TPSA) is 71.0 Å². The summed E-state index contributed by atoms with van der Waals surface area (Å²) in [7, 11) is 3.07. The van der Waals surface area contributed by atoms with Gasteiger partial charge in [-0.1, -0.05) is 42.5 Å². The SMILES string of the molecule is COc1cc2c(ccc3c(CCNCc4ccccc4)cc(O)c(OC)c32)cc1O. The van der Waals surface area contributed by atoms with Crippen LogP contribution in [0.1, 0.15) is 11.1 Å². The van der Waals surface area contributed by atoms with Gasteiger partial charge in [0.1, 0.15) is 0 Å². The van der Waals surface area contributed by atoms with Gasteiger partial charge in [0.2, 0.25) is 0 Å². The third-order valence-corrected chi connectivity index (χ3v) is 5.38. The summed E-state index contributed by atoms with van der Waals surface area (Å²) in [6.45, 7) is 1.56. The van der Waals surface area contributed by atoms with E-state index >= 15 is 0 Å². The number of aromatic hydroxyl groups is 2. The normalized spacial score (nSPS) is 11.1. The average molecular weight is 403 g/mol. The van der Waals surface area contributed by atoms with Crippen molar-refractivity contribution in [3.63, 3.8) is 0 Å². The second-order valence-corrected chi connectivity index (χ2v) is 7.23. The van der Waals surface area contributed by atoms with Crippen molar-refractivity contribution in [2.24, 2.45) is 0 Å². The fourth-order valence-corrected chi connectivity index (χ4v) is 3.92. The predicted molar refractivity (Wildman–Crippen MR) is 120 cm³/mol. The molecule has 4 aromatic rings. The lowest BCUT2D eigenvalue weighted by Crippen LogP contribution is -2.16. The Balaban J connectivity index is 1.72. The van der Waals surface area contributed by atoms with E-state index in [-0.39, 0.29) is 11.5 Å². The number of methoxy groups -OCH3 is 2. The minimum atomic E-state index is 0.0776. The lowest BCUT2D eigenvalue weighted by molar-refractivity contribution is 0.374. The Kier molecular flexibility index (Phi) is 5.63. The van der Waals surface area contributed by atoms with Gasteiger partial charge in [0.15, 0.2) is 23.0 Å². The quantitative estimate of drug-likeness (QED) is 0.307. The minimum absolute atomic E-state index is 0.0776. The molecule has 0 aliphatic carbocycles. The van der Waals surface area contributed by atoms with E-state index in [4.69, 9.17) is 9.47 Å². The molecule has 0 heterocycles. The molecule has 0 saturated heterocycles.